The average Bonchev–Trinajstić information content (AvgIpc) is 3.26. The molecule has 3 heterocycles. The second kappa shape index (κ2) is 8.17. The minimum Gasteiger partial charge on any atom is -0.371 e. The predicted molar refractivity (Wildman–Crippen MR) is 116 cm³/mol. The van der Waals surface area contributed by atoms with Gasteiger partial charge in [-0.25, -0.2) is 31.5 Å². The van der Waals surface area contributed by atoms with Crippen LogP contribution in [0.4, 0.5) is 33.5 Å². The third-order valence-corrected chi connectivity index (χ3v) is 5.98. The number of hydrogen-bond acceptors (Lipinski definition) is 4. The highest BCUT2D eigenvalue weighted by molar-refractivity contribution is 6.01. The highest BCUT2D eigenvalue weighted by atomic mass is 19.3. The summed E-state index contributed by atoms with van der Waals surface area (Å²) in [4.78, 5) is 6.22. The summed E-state index contributed by atoms with van der Waals surface area (Å²) in [5, 5.41) is 9.01. The molecule has 5 rings (SSSR count). The number of anilines is 2. The van der Waals surface area contributed by atoms with Gasteiger partial charge in [0.25, 0.3) is 12.3 Å². The summed E-state index contributed by atoms with van der Waals surface area (Å²) in [5.74, 6) is -3.20. The first kappa shape index (κ1) is 21.4. The van der Waals surface area contributed by atoms with Crippen LogP contribution in [0.3, 0.4) is 0 Å². The average molecular weight is 461 g/mol. The molecule has 0 bridgehead atoms. The van der Waals surface area contributed by atoms with E-state index in [0.717, 1.165) is 17.1 Å². The van der Waals surface area contributed by atoms with Gasteiger partial charge in [-0.05, 0) is 18.2 Å². The second-order valence-corrected chi connectivity index (χ2v) is 8.09. The monoisotopic (exact) mass is 461 g/mol. The number of aromatic nitrogens is 3. The minimum absolute atomic E-state index is 0.0607. The number of halogens is 5. The molecule has 5 nitrogen and oxygen atoms in total. The fourth-order valence-electron chi connectivity index (χ4n) is 4.16. The van der Waals surface area contributed by atoms with Crippen molar-refractivity contribution in [3.8, 4) is 0 Å². The SMILES string of the molecule is Fc1c(CNc2nn3ccnc3c3ccc(N4CCC(F)(F)CC4)cc23)cccc1C(F)F. The largest absolute Gasteiger partial charge is 0.371 e. The molecule has 0 atom stereocenters. The van der Waals surface area contributed by atoms with E-state index in [1.165, 1.54) is 12.1 Å². The fourth-order valence-corrected chi connectivity index (χ4v) is 4.16. The zero-order valence-electron chi connectivity index (χ0n) is 17.4. The molecule has 1 aliphatic heterocycles. The van der Waals surface area contributed by atoms with Gasteiger partial charge < -0.3 is 10.2 Å². The van der Waals surface area contributed by atoms with E-state index < -0.39 is 23.7 Å². The van der Waals surface area contributed by atoms with Crippen LogP contribution in [-0.2, 0) is 6.54 Å². The Labute approximate surface area is 185 Å². The van der Waals surface area contributed by atoms with Crippen LogP contribution in [0.1, 0.15) is 30.4 Å². The Morgan fingerprint density at radius 3 is 2.61 bits per heavy atom. The summed E-state index contributed by atoms with van der Waals surface area (Å²) in [7, 11) is 0. The van der Waals surface area contributed by atoms with Gasteiger partial charge in [0, 0.05) is 66.9 Å². The first-order valence-corrected chi connectivity index (χ1v) is 10.5. The Kier molecular flexibility index (Phi) is 5.30. The van der Waals surface area contributed by atoms with Crippen LogP contribution in [0.5, 0.6) is 0 Å². The van der Waals surface area contributed by atoms with E-state index in [1.807, 2.05) is 23.1 Å². The molecule has 10 heteroatoms. The van der Waals surface area contributed by atoms with Crippen LogP contribution in [0.25, 0.3) is 16.4 Å². The van der Waals surface area contributed by atoms with Crippen molar-refractivity contribution in [3.63, 3.8) is 0 Å². The predicted octanol–water partition coefficient (Wildman–Crippen LogP) is 5.81. The summed E-state index contributed by atoms with van der Waals surface area (Å²) >= 11 is 0. The number of alkyl halides is 4. The highest BCUT2D eigenvalue weighted by Gasteiger charge is 2.34. The third-order valence-electron chi connectivity index (χ3n) is 5.98. The van der Waals surface area contributed by atoms with E-state index in [-0.39, 0.29) is 38.0 Å². The summed E-state index contributed by atoms with van der Waals surface area (Å²) in [6.07, 6.45) is -0.0806. The molecule has 4 aromatic rings. The Hall–Kier alpha value is -3.43. The van der Waals surface area contributed by atoms with Crippen molar-refractivity contribution >= 4 is 27.9 Å². The fraction of sp³-hybridized carbons (Fsp3) is 0.304. The lowest BCUT2D eigenvalue weighted by Crippen LogP contribution is -2.39. The standard InChI is InChI=1S/C23H20F5N5/c24-19-14(2-1-3-17(19)20(25)26)13-30-21-18-12-15(32-9-6-23(27,28)7-10-32)4-5-16(18)22-29-8-11-33(22)31-21/h1-5,8,11-12,20H,6-7,9-10,13H2,(H,30,31). The van der Waals surface area contributed by atoms with Crippen LogP contribution in [0.15, 0.2) is 48.8 Å². The number of imidazole rings is 1. The first-order valence-electron chi connectivity index (χ1n) is 10.5. The van der Waals surface area contributed by atoms with Crippen LogP contribution in [-0.4, -0.2) is 33.6 Å². The maximum absolute atomic E-state index is 14.5. The molecular weight excluding hydrogens is 441 g/mol. The lowest BCUT2D eigenvalue weighted by Gasteiger charge is -2.33. The van der Waals surface area contributed by atoms with Crippen LogP contribution >= 0.6 is 0 Å². The van der Waals surface area contributed by atoms with Crippen molar-refractivity contribution in [2.24, 2.45) is 0 Å². The molecule has 0 unspecified atom stereocenters. The van der Waals surface area contributed by atoms with Crippen molar-refractivity contribution < 1.29 is 22.0 Å². The molecule has 1 aliphatic rings. The lowest BCUT2D eigenvalue weighted by molar-refractivity contribution is -0.0220. The van der Waals surface area contributed by atoms with E-state index in [1.54, 1.807) is 16.9 Å². The molecule has 1 saturated heterocycles. The molecule has 1 N–H and O–H groups in total. The molecular formula is C23H20F5N5. The zero-order valence-corrected chi connectivity index (χ0v) is 17.4. The molecule has 2 aromatic heterocycles. The third kappa shape index (κ3) is 4.05. The van der Waals surface area contributed by atoms with Gasteiger partial charge in [-0.2, -0.15) is 0 Å². The van der Waals surface area contributed by atoms with Crippen LogP contribution in [0, 0.1) is 5.82 Å². The number of piperidine rings is 1. The minimum atomic E-state index is -2.91. The Morgan fingerprint density at radius 1 is 1.06 bits per heavy atom. The maximum atomic E-state index is 14.5. The topological polar surface area (TPSA) is 45.5 Å². The summed E-state index contributed by atoms with van der Waals surface area (Å²) < 4.78 is 69.3. The quantitative estimate of drug-likeness (QED) is 0.381. The number of fused-ring (bicyclic) bond motifs is 3. The van der Waals surface area contributed by atoms with Crippen LogP contribution < -0.4 is 10.2 Å². The van der Waals surface area contributed by atoms with Gasteiger partial charge in [0.05, 0.1) is 5.56 Å². The van der Waals surface area contributed by atoms with Gasteiger partial charge in [0.15, 0.2) is 11.5 Å². The Morgan fingerprint density at radius 2 is 1.85 bits per heavy atom. The smallest absolute Gasteiger partial charge is 0.266 e. The number of hydrogen-bond donors (Lipinski definition) is 1. The van der Waals surface area contributed by atoms with Gasteiger partial charge >= 0.3 is 0 Å². The van der Waals surface area contributed by atoms with Gasteiger partial charge in [-0.3, -0.25) is 0 Å². The van der Waals surface area contributed by atoms with E-state index >= 15 is 0 Å². The highest BCUT2D eigenvalue weighted by Crippen LogP contribution is 2.34. The van der Waals surface area contributed by atoms with E-state index in [0.29, 0.717) is 16.9 Å². The molecule has 0 spiro atoms. The van der Waals surface area contributed by atoms with Gasteiger partial charge in [0.1, 0.15) is 5.82 Å². The lowest BCUT2D eigenvalue weighted by atomic mass is 10.0. The molecule has 0 radical (unpaired) electrons. The van der Waals surface area contributed by atoms with E-state index in [2.05, 4.69) is 15.4 Å². The molecule has 0 aliphatic carbocycles. The van der Waals surface area contributed by atoms with E-state index in [4.69, 9.17) is 0 Å². The second-order valence-electron chi connectivity index (χ2n) is 8.09. The van der Waals surface area contributed by atoms with Gasteiger partial charge in [-0.1, -0.05) is 18.2 Å². The normalized spacial score (nSPS) is 16.1. The van der Waals surface area contributed by atoms with Crippen molar-refractivity contribution in [3.05, 3.63) is 65.7 Å². The Bertz CT molecular complexity index is 1310. The first-order chi connectivity index (χ1) is 15.8. The van der Waals surface area contributed by atoms with Crippen molar-refractivity contribution in [2.75, 3.05) is 23.3 Å². The number of rotatable bonds is 5. The number of nitrogens with one attached hydrogen (secondary N) is 1. The summed E-state index contributed by atoms with van der Waals surface area (Å²) in [6.45, 7) is 0.396. The van der Waals surface area contributed by atoms with Crippen LogP contribution in [0.2, 0.25) is 0 Å². The van der Waals surface area contributed by atoms with E-state index in [9.17, 15) is 22.0 Å². The molecule has 2 aromatic carbocycles. The zero-order chi connectivity index (χ0) is 23.2. The summed E-state index contributed by atoms with van der Waals surface area (Å²) in [5.41, 5.74) is 0.812. The maximum Gasteiger partial charge on any atom is 0.266 e. The van der Waals surface area contributed by atoms with Crippen molar-refractivity contribution in [2.45, 2.75) is 31.7 Å². The van der Waals surface area contributed by atoms with Gasteiger partial charge in [0.2, 0.25) is 0 Å². The van der Waals surface area contributed by atoms with Crippen molar-refractivity contribution in [1.29, 1.82) is 0 Å². The van der Waals surface area contributed by atoms with Crippen molar-refractivity contribution in [1.82, 2.24) is 14.6 Å². The summed E-state index contributed by atoms with van der Waals surface area (Å²) in [6, 6.07) is 9.43. The molecule has 172 valence electrons. The molecule has 33 heavy (non-hydrogen) atoms. The molecule has 1 fully saturated rings. The number of benzene rings is 2. The number of nitrogens with zero attached hydrogens (tertiary/aromatic N) is 4. The molecule has 0 saturated carbocycles. The Balaban J connectivity index is 1.51. The molecule has 0 amide bonds. The van der Waals surface area contributed by atoms with Gasteiger partial charge in [-0.15, -0.1) is 5.10 Å².